The van der Waals surface area contributed by atoms with Crippen LogP contribution in [-0.4, -0.2) is 46.4 Å². The molecule has 19 heavy (non-hydrogen) atoms. The van der Waals surface area contributed by atoms with E-state index in [-0.39, 0.29) is 5.91 Å². The number of aromatic nitrogens is 2. The van der Waals surface area contributed by atoms with Gasteiger partial charge in [0.1, 0.15) is 5.65 Å². The van der Waals surface area contributed by atoms with E-state index < -0.39 is 0 Å². The number of carbonyl (C=O) groups is 1. The molecule has 5 heteroatoms. The van der Waals surface area contributed by atoms with E-state index in [0.717, 1.165) is 43.2 Å². The molecule has 0 spiro atoms. The van der Waals surface area contributed by atoms with Crippen LogP contribution in [0.5, 0.6) is 0 Å². The largest absolute Gasteiger partial charge is 0.340 e. The number of aryl methyl sites for hydroxylation is 1. The first-order valence-corrected chi connectivity index (χ1v) is 6.66. The Morgan fingerprint density at radius 1 is 1.37 bits per heavy atom. The van der Waals surface area contributed by atoms with Crippen LogP contribution in [0.2, 0.25) is 0 Å². The fourth-order valence-corrected chi connectivity index (χ4v) is 2.46. The van der Waals surface area contributed by atoms with E-state index in [2.05, 4.69) is 10.3 Å². The monoisotopic (exact) mass is 258 g/mol. The van der Waals surface area contributed by atoms with E-state index >= 15 is 0 Å². The van der Waals surface area contributed by atoms with Crippen molar-refractivity contribution < 1.29 is 4.79 Å². The van der Waals surface area contributed by atoms with Gasteiger partial charge in [0.15, 0.2) is 0 Å². The summed E-state index contributed by atoms with van der Waals surface area (Å²) >= 11 is 0. The van der Waals surface area contributed by atoms with Gasteiger partial charge in [0.2, 0.25) is 5.91 Å². The second-order valence-corrected chi connectivity index (χ2v) is 4.94. The summed E-state index contributed by atoms with van der Waals surface area (Å²) in [5.74, 6) is 0.169. The van der Waals surface area contributed by atoms with Crippen LogP contribution in [0.4, 0.5) is 0 Å². The molecule has 0 saturated carbocycles. The third-order valence-corrected chi connectivity index (χ3v) is 3.55. The summed E-state index contributed by atoms with van der Waals surface area (Å²) in [6.45, 7) is 5.40. The number of piperazine rings is 1. The average molecular weight is 258 g/mol. The molecular weight excluding hydrogens is 240 g/mol. The minimum Gasteiger partial charge on any atom is -0.340 e. The zero-order valence-corrected chi connectivity index (χ0v) is 11.1. The maximum atomic E-state index is 12.2. The van der Waals surface area contributed by atoms with Crippen molar-refractivity contribution in [2.24, 2.45) is 0 Å². The molecular formula is C14H18N4O. The molecule has 1 amide bonds. The van der Waals surface area contributed by atoms with Crippen molar-refractivity contribution >= 4 is 11.6 Å². The molecule has 1 aliphatic rings. The van der Waals surface area contributed by atoms with Crippen LogP contribution in [0.15, 0.2) is 24.4 Å². The number of hydrogen-bond acceptors (Lipinski definition) is 3. The zero-order valence-electron chi connectivity index (χ0n) is 11.1. The third-order valence-electron chi connectivity index (χ3n) is 3.55. The number of hydrogen-bond donors (Lipinski definition) is 1. The van der Waals surface area contributed by atoms with Gasteiger partial charge in [0, 0.05) is 38.1 Å². The van der Waals surface area contributed by atoms with Gasteiger partial charge in [-0.15, -0.1) is 0 Å². The van der Waals surface area contributed by atoms with Crippen molar-refractivity contribution in [1.82, 2.24) is 19.6 Å². The first-order chi connectivity index (χ1) is 9.24. The summed E-state index contributed by atoms with van der Waals surface area (Å²) in [4.78, 5) is 18.6. The van der Waals surface area contributed by atoms with E-state index in [9.17, 15) is 4.79 Å². The summed E-state index contributed by atoms with van der Waals surface area (Å²) in [6, 6.07) is 5.99. The summed E-state index contributed by atoms with van der Waals surface area (Å²) in [7, 11) is 0. The van der Waals surface area contributed by atoms with E-state index in [4.69, 9.17) is 0 Å². The van der Waals surface area contributed by atoms with E-state index in [0.29, 0.717) is 6.42 Å². The molecule has 3 heterocycles. The van der Waals surface area contributed by atoms with Gasteiger partial charge in [0.25, 0.3) is 0 Å². The first kappa shape index (κ1) is 12.2. The lowest BCUT2D eigenvalue weighted by Gasteiger charge is -2.27. The topological polar surface area (TPSA) is 49.6 Å². The smallest absolute Gasteiger partial charge is 0.228 e. The summed E-state index contributed by atoms with van der Waals surface area (Å²) in [5, 5.41) is 3.25. The van der Waals surface area contributed by atoms with Crippen LogP contribution >= 0.6 is 0 Å². The third kappa shape index (κ3) is 2.46. The van der Waals surface area contributed by atoms with Crippen molar-refractivity contribution in [2.75, 3.05) is 26.2 Å². The Hall–Kier alpha value is -1.88. The fraction of sp³-hybridized carbons (Fsp3) is 0.429. The Morgan fingerprint density at radius 2 is 2.16 bits per heavy atom. The molecule has 2 aromatic heterocycles. The Balaban J connectivity index is 1.77. The molecule has 1 fully saturated rings. The summed E-state index contributed by atoms with van der Waals surface area (Å²) < 4.78 is 2.03. The van der Waals surface area contributed by atoms with E-state index in [1.54, 1.807) is 0 Å². The Labute approximate surface area is 112 Å². The van der Waals surface area contributed by atoms with Gasteiger partial charge < -0.3 is 14.6 Å². The first-order valence-electron chi connectivity index (χ1n) is 6.66. The van der Waals surface area contributed by atoms with Gasteiger partial charge in [-0.25, -0.2) is 4.98 Å². The van der Waals surface area contributed by atoms with Gasteiger partial charge in [-0.3, -0.25) is 4.79 Å². The molecule has 0 radical (unpaired) electrons. The molecule has 2 aromatic rings. The SMILES string of the molecule is Cc1cccc2nc(CC(=O)N3CCNCC3)cn12. The predicted molar refractivity (Wildman–Crippen MR) is 73.1 cm³/mol. The fourth-order valence-electron chi connectivity index (χ4n) is 2.46. The molecule has 0 bridgehead atoms. The van der Waals surface area contributed by atoms with Crippen LogP contribution in [0, 0.1) is 6.92 Å². The van der Waals surface area contributed by atoms with Gasteiger partial charge in [-0.2, -0.15) is 0 Å². The number of fused-ring (bicyclic) bond motifs is 1. The lowest BCUT2D eigenvalue weighted by molar-refractivity contribution is -0.131. The molecule has 3 rings (SSSR count). The summed E-state index contributed by atoms with van der Waals surface area (Å²) in [5.41, 5.74) is 2.88. The Kier molecular flexibility index (Phi) is 3.21. The van der Waals surface area contributed by atoms with Crippen molar-refractivity contribution in [1.29, 1.82) is 0 Å². The molecule has 0 aromatic carbocycles. The highest BCUT2D eigenvalue weighted by molar-refractivity contribution is 5.78. The number of nitrogens with one attached hydrogen (secondary N) is 1. The molecule has 0 aliphatic carbocycles. The van der Waals surface area contributed by atoms with Crippen molar-refractivity contribution in [3.05, 3.63) is 35.8 Å². The molecule has 0 unspecified atom stereocenters. The molecule has 100 valence electrons. The van der Waals surface area contributed by atoms with Gasteiger partial charge >= 0.3 is 0 Å². The molecule has 1 aliphatic heterocycles. The second kappa shape index (κ2) is 5.01. The van der Waals surface area contributed by atoms with Crippen molar-refractivity contribution in [3.8, 4) is 0 Å². The minimum atomic E-state index is 0.169. The minimum absolute atomic E-state index is 0.169. The highest BCUT2D eigenvalue weighted by Gasteiger charge is 2.17. The predicted octanol–water partition coefficient (Wildman–Crippen LogP) is 0.617. The number of rotatable bonds is 2. The highest BCUT2D eigenvalue weighted by Crippen LogP contribution is 2.10. The maximum absolute atomic E-state index is 12.2. The average Bonchev–Trinajstić information content (AvgIpc) is 2.84. The number of imidazole rings is 1. The standard InChI is InChI=1S/C14H18N4O/c1-11-3-2-4-13-16-12(10-18(11)13)9-14(19)17-7-5-15-6-8-17/h2-4,10,15H,5-9H2,1H3. The van der Waals surface area contributed by atoms with Crippen molar-refractivity contribution in [3.63, 3.8) is 0 Å². The Morgan fingerprint density at radius 3 is 2.89 bits per heavy atom. The van der Waals surface area contributed by atoms with E-state index in [1.165, 1.54) is 0 Å². The molecule has 5 nitrogen and oxygen atoms in total. The number of amides is 1. The second-order valence-electron chi connectivity index (χ2n) is 4.94. The molecule has 1 N–H and O–H groups in total. The number of carbonyl (C=O) groups excluding carboxylic acids is 1. The van der Waals surface area contributed by atoms with Crippen LogP contribution in [0.25, 0.3) is 5.65 Å². The van der Waals surface area contributed by atoms with Gasteiger partial charge in [0.05, 0.1) is 12.1 Å². The zero-order chi connectivity index (χ0) is 13.2. The maximum Gasteiger partial charge on any atom is 0.228 e. The van der Waals surface area contributed by atoms with Crippen LogP contribution < -0.4 is 5.32 Å². The highest BCUT2D eigenvalue weighted by atomic mass is 16.2. The lowest BCUT2D eigenvalue weighted by atomic mass is 10.2. The van der Waals surface area contributed by atoms with Gasteiger partial charge in [-0.05, 0) is 19.1 Å². The summed E-state index contributed by atoms with van der Waals surface area (Å²) in [6.07, 6.45) is 2.35. The normalized spacial score (nSPS) is 15.9. The van der Waals surface area contributed by atoms with E-state index in [1.807, 2.05) is 40.6 Å². The number of pyridine rings is 1. The van der Waals surface area contributed by atoms with Gasteiger partial charge in [-0.1, -0.05) is 6.07 Å². The quantitative estimate of drug-likeness (QED) is 0.859. The lowest BCUT2D eigenvalue weighted by Crippen LogP contribution is -2.46. The van der Waals surface area contributed by atoms with Crippen LogP contribution in [-0.2, 0) is 11.2 Å². The van der Waals surface area contributed by atoms with Crippen LogP contribution in [0.1, 0.15) is 11.4 Å². The van der Waals surface area contributed by atoms with Crippen LogP contribution in [0.3, 0.4) is 0 Å². The molecule has 1 saturated heterocycles. The van der Waals surface area contributed by atoms with Crippen molar-refractivity contribution in [2.45, 2.75) is 13.3 Å². The molecule has 0 atom stereocenters. The number of nitrogens with zero attached hydrogens (tertiary/aromatic N) is 3. The Bertz CT molecular complexity index is 599.